The lowest BCUT2D eigenvalue weighted by Gasteiger charge is -2.16. The first-order valence-corrected chi connectivity index (χ1v) is 4.50. The number of rotatable bonds is 2. The molecule has 3 nitrogen and oxygen atoms in total. The molecule has 1 fully saturated rings. The molecule has 0 unspecified atom stereocenters. The van der Waals surface area contributed by atoms with Gasteiger partial charge in [0.1, 0.15) is 6.29 Å². The van der Waals surface area contributed by atoms with Crippen LogP contribution in [0, 0.1) is 5.92 Å². The summed E-state index contributed by atoms with van der Waals surface area (Å²) < 4.78 is 0. The number of pyridine rings is 1. The van der Waals surface area contributed by atoms with Crippen molar-refractivity contribution in [3.8, 4) is 0 Å². The zero-order valence-electron chi connectivity index (χ0n) is 7.39. The van der Waals surface area contributed by atoms with E-state index in [0.29, 0.717) is 0 Å². The molecule has 0 spiro atoms. The molecule has 1 saturated heterocycles. The molecule has 0 bridgehead atoms. The lowest BCUT2D eigenvalue weighted by Crippen LogP contribution is -2.19. The molecule has 2 rings (SSSR count). The Morgan fingerprint density at radius 3 is 2.85 bits per heavy atom. The van der Waals surface area contributed by atoms with E-state index in [4.69, 9.17) is 0 Å². The van der Waals surface area contributed by atoms with Crippen molar-refractivity contribution in [1.29, 1.82) is 0 Å². The quantitative estimate of drug-likeness (QED) is 0.633. The summed E-state index contributed by atoms with van der Waals surface area (Å²) in [6.45, 7) is 1.83. The summed E-state index contributed by atoms with van der Waals surface area (Å²) in [5, 5.41) is 0. The third-order valence-corrected chi connectivity index (χ3v) is 2.45. The lowest BCUT2D eigenvalue weighted by molar-refractivity contribution is -0.110. The highest BCUT2D eigenvalue weighted by molar-refractivity contribution is 5.58. The molecule has 1 aromatic heterocycles. The van der Waals surface area contributed by atoms with E-state index in [0.717, 1.165) is 25.8 Å². The first-order valence-electron chi connectivity index (χ1n) is 4.50. The Bertz CT molecular complexity index is 286. The molecule has 0 amide bonds. The molecular weight excluding hydrogens is 164 g/mol. The van der Waals surface area contributed by atoms with Gasteiger partial charge in [0.15, 0.2) is 0 Å². The molecule has 1 aromatic rings. The van der Waals surface area contributed by atoms with Crippen LogP contribution in [0.1, 0.15) is 6.42 Å². The van der Waals surface area contributed by atoms with Gasteiger partial charge in [-0.05, 0) is 18.6 Å². The van der Waals surface area contributed by atoms with Crippen molar-refractivity contribution in [3.63, 3.8) is 0 Å². The van der Waals surface area contributed by atoms with Crippen LogP contribution < -0.4 is 4.90 Å². The number of anilines is 1. The number of aromatic nitrogens is 1. The molecule has 3 heteroatoms. The summed E-state index contributed by atoms with van der Waals surface area (Å²) in [5.41, 5.74) is 1.17. The third kappa shape index (κ3) is 1.69. The third-order valence-electron chi connectivity index (χ3n) is 2.45. The number of nitrogens with zero attached hydrogens (tertiary/aromatic N) is 2. The molecule has 0 aliphatic carbocycles. The van der Waals surface area contributed by atoms with E-state index in [-0.39, 0.29) is 5.92 Å². The summed E-state index contributed by atoms with van der Waals surface area (Å²) in [4.78, 5) is 16.7. The molecule has 1 atom stereocenters. The largest absolute Gasteiger partial charge is 0.371 e. The van der Waals surface area contributed by atoms with E-state index in [1.807, 2.05) is 12.1 Å². The highest BCUT2D eigenvalue weighted by atomic mass is 16.1. The predicted octanol–water partition coefficient (Wildman–Crippen LogP) is 1.11. The molecule has 0 saturated carbocycles. The fourth-order valence-electron chi connectivity index (χ4n) is 1.69. The zero-order valence-corrected chi connectivity index (χ0v) is 7.39. The Morgan fingerprint density at radius 1 is 1.46 bits per heavy atom. The van der Waals surface area contributed by atoms with Crippen LogP contribution in [0.25, 0.3) is 0 Å². The minimum absolute atomic E-state index is 0.216. The van der Waals surface area contributed by atoms with E-state index >= 15 is 0 Å². The standard InChI is InChI=1S/C10H12N2O/c13-8-9-3-6-12(7-9)10-1-4-11-5-2-10/h1-2,4-5,8-9H,3,6-7H2/t9-/m0/s1. The number of aldehydes is 1. The van der Waals surface area contributed by atoms with Gasteiger partial charge in [-0.15, -0.1) is 0 Å². The Kier molecular flexibility index (Phi) is 2.25. The molecule has 1 aliphatic heterocycles. The van der Waals surface area contributed by atoms with E-state index in [1.165, 1.54) is 5.69 Å². The van der Waals surface area contributed by atoms with Gasteiger partial charge in [0.2, 0.25) is 0 Å². The second-order valence-corrected chi connectivity index (χ2v) is 3.34. The molecule has 0 radical (unpaired) electrons. The smallest absolute Gasteiger partial charge is 0.124 e. The maximum atomic E-state index is 10.5. The lowest BCUT2D eigenvalue weighted by atomic mass is 10.1. The zero-order chi connectivity index (χ0) is 9.10. The van der Waals surface area contributed by atoms with Crippen molar-refractivity contribution in [2.45, 2.75) is 6.42 Å². The maximum absolute atomic E-state index is 10.5. The topological polar surface area (TPSA) is 33.2 Å². The summed E-state index contributed by atoms with van der Waals surface area (Å²) in [6.07, 6.45) is 5.60. The van der Waals surface area contributed by atoms with Gasteiger partial charge in [-0.25, -0.2) is 0 Å². The van der Waals surface area contributed by atoms with E-state index in [9.17, 15) is 4.79 Å². The first-order chi connectivity index (χ1) is 6.40. The van der Waals surface area contributed by atoms with E-state index in [1.54, 1.807) is 12.4 Å². The van der Waals surface area contributed by atoms with Crippen molar-refractivity contribution in [2.75, 3.05) is 18.0 Å². The van der Waals surface area contributed by atoms with Gasteiger partial charge < -0.3 is 9.69 Å². The Morgan fingerprint density at radius 2 is 2.23 bits per heavy atom. The van der Waals surface area contributed by atoms with Crippen LogP contribution in [-0.2, 0) is 4.79 Å². The number of hydrogen-bond donors (Lipinski definition) is 0. The molecule has 1 aliphatic rings. The van der Waals surface area contributed by atoms with Gasteiger partial charge >= 0.3 is 0 Å². The average molecular weight is 176 g/mol. The van der Waals surface area contributed by atoms with Gasteiger partial charge in [0.25, 0.3) is 0 Å². The van der Waals surface area contributed by atoms with Crippen molar-refractivity contribution in [2.24, 2.45) is 5.92 Å². The van der Waals surface area contributed by atoms with Crippen LogP contribution >= 0.6 is 0 Å². The average Bonchev–Trinajstić information content (AvgIpc) is 2.67. The van der Waals surface area contributed by atoms with E-state index in [2.05, 4.69) is 9.88 Å². The van der Waals surface area contributed by atoms with Crippen molar-refractivity contribution < 1.29 is 4.79 Å². The number of carbonyl (C=O) groups excluding carboxylic acids is 1. The van der Waals surface area contributed by atoms with Crippen molar-refractivity contribution in [1.82, 2.24) is 4.98 Å². The van der Waals surface area contributed by atoms with Crippen LogP contribution in [0.3, 0.4) is 0 Å². The van der Waals surface area contributed by atoms with E-state index < -0.39 is 0 Å². The van der Waals surface area contributed by atoms with Gasteiger partial charge in [-0.3, -0.25) is 4.98 Å². The minimum atomic E-state index is 0.216. The van der Waals surface area contributed by atoms with Crippen LogP contribution in [0.2, 0.25) is 0 Å². The van der Waals surface area contributed by atoms with Gasteiger partial charge in [0, 0.05) is 37.1 Å². The first kappa shape index (κ1) is 8.23. The Hall–Kier alpha value is -1.38. The van der Waals surface area contributed by atoms with Gasteiger partial charge in [-0.1, -0.05) is 0 Å². The summed E-state index contributed by atoms with van der Waals surface area (Å²) >= 11 is 0. The molecule has 0 aromatic carbocycles. The molecule has 0 N–H and O–H groups in total. The molecule has 68 valence electrons. The second kappa shape index (κ2) is 3.56. The monoisotopic (exact) mass is 176 g/mol. The summed E-state index contributed by atoms with van der Waals surface area (Å²) in [5.74, 6) is 0.216. The predicted molar refractivity (Wildman–Crippen MR) is 50.6 cm³/mol. The minimum Gasteiger partial charge on any atom is -0.371 e. The Labute approximate surface area is 77.4 Å². The molecular formula is C10H12N2O. The molecule has 2 heterocycles. The van der Waals surface area contributed by atoms with Gasteiger partial charge in [0.05, 0.1) is 0 Å². The van der Waals surface area contributed by atoms with Gasteiger partial charge in [-0.2, -0.15) is 0 Å². The Balaban J connectivity index is 2.08. The fraction of sp³-hybridized carbons (Fsp3) is 0.400. The summed E-state index contributed by atoms with van der Waals surface area (Å²) in [6, 6.07) is 3.96. The highest BCUT2D eigenvalue weighted by Crippen LogP contribution is 2.21. The fourth-order valence-corrected chi connectivity index (χ4v) is 1.69. The number of carbonyl (C=O) groups is 1. The van der Waals surface area contributed by atoms with Crippen molar-refractivity contribution >= 4 is 12.0 Å². The highest BCUT2D eigenvalue weighted by Gasteiger charge is 2.21. The van der Waals surface area contributed by atoms with Crippen molar-refractivity contribution in [3.05, 3.63) is 24.5 Å². The molecule has 13 heavy (non-hydrogen) atoms. The van der Waals surface area contributed by atoms with Crippen LogP contribution in [0.5, 0.6) is 0 Å². The van der Waals surface area contributed by atoms with Crippen LogP contribution in [0.4, 0.5) is 5.69 Å². The normalized spacial score (nSPS) is 21.8. The summed E-state index contributed by atoms with van der Waals surface area (Å²) in [7, 11) is 0. The number of hydrogen-bond acceptors (Lipinski definition) is 3. The van der Waals surface area contributed by atoms with Crippen LogP contribution in [-0.4, -0.2) is 24.4 Å². The van der Waals surface area contributed by atoms with Crippen LogP contribution in [0.15, 0.2) is 24.5 Å². The second-order valence-electron chi connectivity index (χ2n) is 3.34. The SMILES string of the molecule is O=C[C@H]1CCN(c2ccncc2)C1. The maximum Gasteiger partial charge on any atom is 0.124 e.